The minimum atomic E-state index is -0.726. The average Bonchev–Trinajstić information content (AvgIpc) is 3.05. The van der Waals surface area contributed by atoms with E-state index < -0.39 is 11.5 Å². The smallest absolute Gasteiger partial charge is 0.325 e. The van der Waals surface area contributed by atoms with Crippen LogP contribution in [0.1, 0.15) is 46.5 Å². The van der Waals surface area contributed by atoms with Crippen LogP contribution in [0, 0.1) is 5.92 Å². The maximum Gasteiger partial charge on any atom is 0.325 e. The van der Waals surface area contributed by atoms with E-state index in [1.807, 2.05) is 6.92 Å². The summed E-state index contributed by atoms with van der Waals surface area (Å²) in [5.74, 6) is -0.360. The minimum absolute atomic E-state index is 0.144. The highest BCUT2D eigenvalue weighted by Crippen LogP contribution is 2.42. The number of likely N-dealkylation sites (N-methyl/N-ethyl adjacent to an activating group) is 1. The van der Waals surface area contributed by atoms with E-state index in [0.29, 0.717) is 12.5 Å². The third kappa shape index (κ3) is 2.41. The first-order valence-electron chi connectivity index (χ1n) is 7.16. The molecule has 1 saturated carbocycles. The predicted molar refractivity (Wildman–Crippen MR) is 71.7 cm³/mol. The van der Waals surface area contributed by atoms with Crippen LogP contribution in [0.4, 0.5) is 0 Å². The summed E-state index contributed by atoms with van der Waals surface area (Å²) in [4.78, 5) is 14.2. The van der Waals surface area contributed by atoms with Crippen molar-refractivity contribution in [3.8, 4) is 0 Å². The molecule has 2 N–H and O–H groups in total. The monoisotopic (exact) mass is 254 g/mol. The van der Waals surface area contributed by atoms with Gasteiger partial charge in [0.05, 0.1) is 0 Å². The van der Waals surface area contributed by atoms with Gasteiger partial charge in [-0.15, -0.1) is 0 Å². The second-order valence-electron chi connectivity index (χ2n) is 6.42. The molecular formula is C14H26N2O2. The first kappa shape index (κ1) is 13.8. The van der Waals surface area contributed by atoms with Crippen molar-refractivity contribution in [2.75, 3.05) is 19.6 Å². The number of nitrogens with zero attached hydrogens (tertiary/aromatic N) is 1. The topological polar surface area (TPSA) is 52.6 Å². The number of nitrogens with one attached hydrogen (secondary N) is 1. The molecule has 0 radical (unpaired) electrons. The molecule has 2 aliphatic rings. The molecule has 0 bridgehead atoms. The van der Waals surface area contributed by atoms with E-state index in [9.17, 15) is 9.90 Å². The molecule has 4 nitrogen and oxygen atoms in total. The summed E-state index contributed by atoms with van der Waals surface area (Å²) in [7, 11) is 0. The zero-order chi connectivity index (χ0) is 13.4. The van der Waals surface area contributed by atoms with Gasteiger partial charge in [0.15, 0.2) is 0 Å². The molecule has 104 valence electrons. The third-order valence-corrected chi connectivity index (χ3v) is 4.66. The minimum Gasteiger partial charge on any atom is -0.480 e. The molecule has 1 unspecified atom stereocenters. The van der Waals surface area contributed by atoms with E-state index in [1.54, 1.807) is 0 Å². The fraction of sp³-hybridized carbons (Fsp3) is 0.929. The molecule has 0 aromatic carbocycles. The number of aliphatic carboxylic acids is 1. The van der Waals surface area contributed by atoms with Crippen molar-refractivity contribution in [2.24, 2.45) is 5.92 Å². The van der Waals surface area contributed by atoms with Gasteiger partial charge >= 0.3 is 5.97 Å². The number of hydrogen-bond donors (Lipinski definition) is 2. The maximum absolute atomic E-state index is 11.8. The number of carbonyl (C=O) groups is 1. The lowest BCUT2D eigenvalue weighted by Gasteiger charge is -2.40. The number of carboxylic acids is 1. The summed E-state index contributed by atoms with van der Waals surface area (Å²) in [6.07, 6.45) is 4.44. The molecule has 1 aliphatic heterocycles. The highest BCUT2D eigenvalue weighted by molar-refractivity contribution is 5.80. The average molecular weight is 254 g/mol. The summed E-state index contributed by atoms with van der Waals surface area (Å²) >= 11 is 0. The number of carboxylic acid groups (broad SMARTS) is 1. The third-order valence-electron chi connectivity index (χ3n) is 4.66. The van der Waals surface area contributed by atoms with E-state index in [0.717, 1.165) is 25.9 Å². The summed E-state index contributed by atoms with van der Waals surface area (Å²) in [5, 5.41) is 13.0. The lowest BCUT2D eigenvalue weighted by atomic mass is 9.90. The van der Waals surface area contributed by atoms with Crippen LogP contribution in [0.3, 0.4) is 0 Å². The molecule has 2 rings (SSSR count). The van der Waals surface area contributed by atoms with E-state index >= 15 is 0 Å². The van der Waals surface area contributed by atoms with Gasteiger partial charge in [-0.05, 0) is 58.5 Å². The van der Waals surface area contributed by atoms with Crippen molar-refractivity contribution in [1.82, 2.24) is 10.2 Å². The Kier molecular flexibility index (Phi) is 3.70. The van der Waals surface area contributed by atoms with Crippen LogP contribution in [0.2, 0.25) is 0 Å². The maximum atomic E-state index is 11.8. The van der Waals surface area contributed by atoms with Gasteiger partial charge in [-0.25, -0.2) is 0 Å². The first-order valence-corrected chi connectivity index (χ1v) is 7.16. The Bertz CT molecular complexity index is 326. The van der Waals surface area contributed by atoms with Crippen LogP contribution in [-0.2, 0) is 4.79 Å². The molecule has 4 heteroatoms. The first-order chi connectivity index (χ1) is 8.42. The largest absolute Gasteiger partial charge is 0.480 e. The van der Waals surface area contributed by atoms with Crippen LogP contribution in [0.5, 0.6) is 0 Å². The van der Waals surface area contributed by atoms with Crippen molar-refractivity contribution in [3.63, 3.8) is 0 Å². The molecule has 1 aliphatic carbocycles. The fourth-order valence-corrected chi connectivity index (χ4v) is 3.30. The van der Waals surface area contributed by atoms with Crippen LogP contribution in [0.25, 0.3) is 0 Å². The quantitative estimate of drug-likeness (QED) is 0.757. The van der Waals surface area contributed by atoms with E-state index in [4.69, 9.17) is 0 Å². The van der Waals surface area contributed by atoms with Crippen molar-refractivity contribution >= 4 is 5.97 Å². The second-order valence-corrected chi connectivity index (χ2v) is 6.42. The summed E-state index contributed by atoms with van der Waals surface area (Å²) in [6, 6.07) is 0. The normalized spacial score (nSPS) is 27.1. The Hall–Kier alpha value is -0.610. The van der Waals surface area contributed by atoms with Gasteiger partial charge in [-0.2, -0.15) is 0 Å². The van der Waals surface area contributed by atoms with Crippen LogP contribution in [0.15, 0.2) is 0 Å². The molecular weight excluding hydrogens is 228 g/mol. The lowest BCUT2D eigenvalue weighted by Crippen LogP contribution is -2.62. The number of rotatable bonds is 6. The van der Waals surface area contributed by atoms with Gasteiger partial charge in [0.1, 0.15) is 5.54 Å². The zero-order valence-electron chi connectivity index (χ0n) is 11.8. The van der Waals surface area contributed by atoms with E-state index in [1.165, 1.54) is 12.8 Å². The van der Waals surface area contributed by atoms with Gasteiger partial charge in [-0.1, -0.05) is 6.92 Å². The van der Waals surface area contributed by atoms with Crippen molar-refractivity contribution in [3.05, 3.63) is 0 Å². The van der Waals surface area contributed by atoms with Crippen molar-refractivity contribution in [1.29, 1.82) is 0 Å². The Labute approximate surface area is 110 Å². The standard InChI is InChI=1S/C14H26N2O2/c1-4-15-14(12(17)18,11-6-7-11)10-16-9-5-8-13(16,2)3/h11,15H,4-10H2,1-3H3,(H,17,18). The van der Waals surface area contributed by atoms with Crippen LogP contribution >= 0.6 is 0 Å². The fourth-order valence-electron chi connectivity index (χ4n) is 3.30. The Morgan fingerprint density at radius 1 is 1.50 bits per heavy atom. The van der Waals surface area contributed by atoms with Gasteiger partial charge < -0.3 is 10.4 Å². The van der Waals surface area contributed by atoms with Gasteiger partial charge in [-0.3, -0.25) is 9.69 Å². The summed E-state index contributed by atoms with van der Waals surface area (Å²) in [5.41, 5.74) is -0.582. The Morgan fingerprint density at radius 2 is 2.17 bits per heavy atom. The number of hydrogen-bond acceptors (Lipinski definition) is 3. The Morgan fingerprint density at radius 3 is 2.56 bits per heavy atom. The molecule has 0 amide bonds. The molecule has 1 atom stereocenters. The summed E-state index contributed by atoms with van der Waals surface area (Å²) in [6.45, 7) is 8.84. The van der Waals surface area contributed by atoms with E-state index in [2.05, 4.69) is 24.1 Å². The zero-order valence-corrected chi connectivity index (χ0v) is 11.8. The molecule has 0 aromatic rings. The second kappa shape index (κ2) is 4.82. The molecule has 0 spiro atoms. The van der Waals surface area contributed by atoms with Crippen LogP contribution in [-0.4, -0.2) is 46.7 Å². The SMILES string of the molecule is CCNC(CN1CCCC1(C)C)(C(=O)O)C1CC1. The van der Waals surface area contributed by atoms with Gasteiger partial charge in [0.2, 0.25) is 0 Å². The molecule has 0 aromatic heterocycles. The van der Waals surface area contributed by atoms with E-state index in [-0.39, 0.29) is 5.54 Å². The highest BCUT2D eigenvalue weighted by atomic mass is 16.4. The molecule has 1 saturated heterocycles. The molecule has 18 heavy (non-hydrogen) atoms. The van der Waals surface area contributed by atoms with Gasteiger partial charge in [0, 0.05) is 12.1 Å². The highest BCUT2D eigenvalue weighted by Gasteiger charge is 2.53. The number of likely N-dealkylation sites (tertiary alicyclic amines) is 1. The molecule has 2 fully saturated rings. The van der Waals surface area contributed by atoms with Crippen molar-refractivity contribution < 1.29 is 9.90 Å². The van der Waals surface area contributed by atoms with Crippen molar-refractivity contribution in [2.45, 2.75) is 57.5 Å². The van der Waals surface area contributed by atoms with Crippen LogP contribution < -0.4 is 5.32 Å². The lowest BCUT2D eigenvalue weighted by molar-refractivity contribution is -0.147. The predicted octanol–water partition coefficient (Wildman–Crippen LogP) is 1.70. The Balaban J connectivity index is 2.16. The summed E-state index contributed by atoms with van der Waals surface area (Å²) < 4.78 is 0. The van der Waals surface area contributed by atoms with Gasteiger partial charge in [0.25, 0.3) is 0 Å². The molecule has 1 heterocycles.